The summed E-state index contributed by atoms with van der Waals surface area (Å²) in [7, 11) is 1.30. The van der Waals surface area contributed by atoms with Crippen LogP contribution in [-0.2, 0) is 11.3 Å². The van der Waals surface area contributed by atoms with Gasteiger partial charge in [-0.05, 0) is 11.6 Å². The van der Waals surface area contributed by atoms with Gasteiger partial charge >= 0.3 is 5.97 Å². The molecular formula is C8H9NO3. The summed E-state index contributed by atoms with van der Waals surface area (Å²) in [4.78, 5) is 14.7. The first-order valence-corrected chi connectivity index (χ1v) is 3.42. The highest BCUT2D eigenvalue weighted by Gasteiger charge is 2.05. The van der Waals surface area contributed by atoms with Gasteiger partial charge in [0, 0.05) is 6.20 Å². The Kier molecular flexibility index (Phi) is 2.76. The van der Waals surface area contributed by atoms with Gasteiger partial charge in [-0.2, -0.15) is 0 Å². The number of aromatic nitrogens is 1. The highest BCUT2D eigenvalue weighted by molar-refractivity contribution is 5.86. The van der Waals surface area contributed by atoms with Crippen LogP contribution < -0.4 is 0 Å². The Morgan fingerprint density at radius 2 is 2.42 bits per heavy atom. The van der Waals surface area contributed by atoms with Gasteiger partial charge in [0.1, 0.15) is 5.69 Å². The third kappa shape index (κ3) is 1.79. The molecule has 0 saturated carbocycles. The average Bonchev–Trinajstić information content (AvgIpc) is 2.17. The van der Waals surface area contributed by atoms with Gasteiger partial charge in [0.15, 0.2) is 0 Å². The zero-order valence-corrected chi connectivity index (χ0v) is 6.65. The SMILES string of the molecule is COC(=O)c1ccc(CO)cn1. The van der Waals surface area contributed by atoms with Crippen LogP contribution in [-0.4, -0.2) is 23.2 Å². The molecule has 0 aromatic carbocycles. The normalized spacial score (nSPS) is 9.50. The van der Waals surface area contributed by atoms with Crippen molar-refractivity contribution in [1.82, 2.24) is 4.98 Å². The van der Waals surface area contributed by atoms with Crippen LogP contribution in [0.1, 0.15) is 16.1 Å². The largest absolute Gasteiger partial charge is 0.464 e. The molecule has 0 fully saturated rings. The Morgan fingerprint density at radius 3 is 2.83 bits per heavy atom. The first-order chi connectivity index (χ1) is 5.77. The molecule has 0 bridgehead atoms. The number of aliphatic hydroxyl groups is 1. The number of esters is 1. The van der Waals surface area contributed by atoms with E-state index in [2.05, 4.69) is 9.72 Å². The smallest absolute Gasteiger partial charge is 0.356 e. The molecule has 1 N–H and O–H groups in total. The van der Waals surface area contributed by atoms with Crippen molar-refractivity contribution in [3.63, 3.8) is 0 Å². The van der Waals surface area contributed by atoms with Crippen LogP contribution in [0.3, 0.4) is 0 Å². The van der Waals surface area contributed by atoms with E-state index >= 15 is 0 Å². The predicted molar refractivity (Wildman–Crippen MR) is 41.5 cm³/mol. The molecule has 4 nitrogen and oxygen atoms in total. The second kappa shape index (κ2) is 3.82. The van der Waals surface area contributed by atoms with Crippen molar-refractivity contribution in [3.8, 4) is 0 Å². The number of aliphatic hydroxyl groups excluding tert-OH is 1. The van der Waals surface area contributed by atoms with Crippen molar-refractivity contribution in [2.75, 3.05) is 7.11 Å². The van der Waals surface area contributed by atoms with Gasteiger partial charge in [0.25, 0.3) is 0 Å². The maximum absolute atomic E-state index is 10.9. The highest BCUT2D eigenvalue weighted by Crippen LogP contribution is 2.00. The Hall–Kier alpha value is -1.42. The topological polar surface area (TPSA) is 59.4 Å². The van der Waals surface area contributed by atoms with E-state index in [1.165, 1.54) is 19.4 Å². The zero-order chi connectivity index (χ0) is 8.97. The molecule has 0 aliphatic heterocycles. The molecule has 0 amide bonds. The number of ether oxygens (including phenoxy) is 1. The van der Waals surface area contributed by atoms with Crippen molar-refractivity contribution < 1.29 is 14.6 Å². The van der Waals surface area contributed by atoms with Gasteiger partial charge in [0.05, 0.1) is 13.7 Å². The molecule has 0 saturated heterocycles. The summed E-state index contributed by atoms with van der Waals surface area (Å²) in [6.45, 7) is -0.0749. The lowest BCUT2D eigenvalue weighted by molar-refractivity contribution is 0.0594. The fourth-order valence-electron chi connectivity index (χ4n) is 0.743. The van der Waals surface area contributed by atoms with Gasteiger partial charge in [-0.25, -0.2) is 9.78 Å². The molecule has 1 rings (SSSR count). The summed E-state index contributed by atoms with van der Waals surface area (Å²) in [6, 6.07) is 3.14. The van der Waals surface area contributed by atoms with Crippen molar-refractivity contribution in [1.29, 1.82) is 0 Å². The number of methoxy groups -OCH3 is 1. The van der Waals surface area contributed by atoms with Crippen LogP contribution >= 0.6 is 0 Å². The van der Waals surface area contributed by atoms with E-state index in [9.17, 15) is 4.79 Å². The molecule has 64 valence electrons. The maximum Gasteiger partial charge on any atom is 0.356 e. The number of rotatable bonds is 2. The van der Waals surface area contributed by atoms with E-state index in [0.717, 1.165) is 0 Å². The molecule has 0 spiro atoms. The van der Waals surface area contributed by atoms with Crippen LogP contribution in [0.4, 0.5) is 0 Å². The Balaban J connectivity index is 2.84. The standard InChI is InChI=1S/C8H9NO3/c1-12-8(11)7-3-2-6(5-10)4-9-7/h2-4,10H,5H2,1H3. The molecule has 0 unspecified atom stereocenters. The summed E-state index contributed by atoms with van der Waals surface area (Å²) >= 11 is 0. The van der Waals surface area contributed by atoms with Gasteiger partial charge in [-0.15, -0.1) is 0 Å². The Bertz CT molecular complexity index is 268. The first-order valence-electron chi connectivity index (χ1n) is 3.42. The molecule has 0 radical (unpaired) electrons. The summed E-state index contributed by atoms with van der Waals surface area (Å²) in [5.41, 5.74) is 0.914. The lowest BCUT2D eigenvalue weighted by atomic mass is 10.2. The summed E-state index contributed by atoms with van der Waals surface area (Å²) in [5, 5.41) is 8.67. The van der Waals surface area contributed by atoms with E-state index in [4.69, 9.17) is 5.11 Å². The number of pyridine rings is 1. The second-order valence-electron chi connectivity index (χ2n) is 2.20. The van der Waals surface area contributed by atoms with Crippen molar-refractivity contribution in [3.05, 3.63) is 29.6 Å². The summed E-state index contributed by atoms with van der Waals surface area (Å²) in [6.07, 6.45) is 1.44. The number of carbonyl (C=O) groups is 1. The quantitative estimate of drug-likeness (QED) is 0.646. The highest BCUT2D eigenvalue weighted by atomic mass is 16.5. The predicted octanol–water partition coefficient (Wildman–Crippen LogP) is 0.360. The van der Waals surface area contributed by atoms with Gasteiger partial charge in [-0.3, -0.25) is 0 Å². The lowest BCUT2D eigenvalue weighted by Gasteiger charge is -1.98. The molecule has 1 aromatic rings. The van der Waals surface area contributed by atoms with E-state index < -0.39 is 5.97 Å². The summed E-state index contributed by atoms with van der Waals surface area (Å²) < 4.78 is 4.45. The number of hydrogen-bond donors (Lipinski definition) is 1. The van der Waals surface area contributed by atoms with Crippen LogP contribution in [0, 0.1) is 0 Å². The Labute approximate surface area is 69.8 Å². The molecular weight excluding hydrogens is 158 g/mol. The molecule has 0 atom stereocenters. The molecule has 12 heavy (non-hydrogen) atoms. The molecule has 1 heterocycles. The number of hydrogen-bond acceptors (Lipinski definition) is 4. The Morgan fingerprint density at radius 1 is 1.67 bits per heavy atom. The van der Waals surface area contributed by atoms with E-state index in [1.807, 2.05) is 0 Å². The van der Waals surface area contributed by atoms with Crippen LogP contribution in [0.15, 0.2) is 18.3 Å². The minimum Gasteiger partial charge on any atom is -0.464 e. The minimum atomic E-state index is -0.473. The van der Waals surface area contributed by atoms with E-state index in [0.29, 0.717) is 5.56 Å². The first kappa shape index (κ1) is 8.67. The monoisotopic (exact) mass is 167 g/mol. The number of carbonyl (C=O) groups excluding carboxylic acids is 1. The summed E-state index contributed by atoms with van der Waals surface area (Å²) in [5.74, 6) is -0.473. The fourth-order valence-corrected chi connectivity index (χ4v) is 0.743. The van der Waals surface area contributed by atoms with Crippen LogP contribution in [0.25, 0.3) is 0 Å². The van der Waals surface area contributed by atoms with E-state index in [-0.39, 0.29) is 12.3 Å². The van der Waals surface area contributed by atoms with Crippen molar-refractivity contribution >= 4 is 5.97 Å². The van der Waals surface area contributed by atoms with Gasteiger partial charge < -0.3 is 9.84 Å². The third-order valence-corrected chi connectivity index (χ3v) is 1.40. The third-order valence-electron chi connectivity index (χ3n) is 1.40. The molecule has 0 aliphatic rings. The lowest BCUT2D eigenvalue weighted by Crippen LogP contribution is -2.03. The maximum atomic E-state index is 10.9. The molecule has 4 heteroatoms. The van der Waals surface area contributed by atoms with Gasteiger partial charge in [0.2, 0.25) is 0 Å². The number of nitrogens with zero attached hydrogens (tertiary/aromatic N) is 1. The average molecular weight is 167 g/mol. The van der Waals surface area contributed by atoms with Crippen molar-refractivity contribution in [2.24, 2.45) is 0 Å². The van der Waals surface area contributed by atoms with Crippen LogP contribution in [0.2, 0.25) is 0 Å². The second-order valence-corrected chi connectivity index (χ2v) is 2.20. The van der Waals surface area contributed by atoms with Crippen LogP contribution in [0.5, 0.6) is 0 Å². The van der Waals surface area contributed by atoms with Gasteiger partial charge in [-0.1, -0.05) is 6.07 Å². The van der Waals surface area contributed by atoms with Crippen molar-refractivity contribution in [2.45, 2.75) is 6.61 Å². The zero-order valence-electron chi connectivity index (χ0n) is 6.65. The van der Waals surface area contributed by atoms with E-state index in [1.54, 1.807) is 6.07 Å². The minimum absolute atomic E-state index is 0.0749. The fraction of sp³-hybridized carbons (Fsp3) is 0.250. The molecule has 0 aliphatic carbocycles. The molecule has 1 aromatic heterocycles.